The second-order valence-corrected chi connectivity index (χ2v) is 12.9. The summed E-state index contributed by atoms with van der Waals surface area (Å²) in [6.45, 7) is 1.96. The fraction of sp³-hybridized carbons (Fsp3) is 0.139. The molecule has 0 fully saturated rings. The molecule has 6 rings (SSSR count). The predicted molar refractivity (Wildman–Crippen MR) is 191 cm³/mol. The van der Waals surface area contributed by atoms with Crippen molar-refractivity contribution in [2.24, 2.45) is 4.99 Å². The molecule has 2 heterocycles. The highest BCUT2D eigenvalue weighted by Gasteiger charge is 2.35. The maximum Gasteiger partial charge on any atom is 0.338 e. The Morgan fingerprint density at radius 2 is 1.80 bits per heavy atom. The molecule has 10 nitrogen and oxygen atoms in total. The number of hydrogen-bond acceptors (Lipinski definition) is 9. The lowest BCUT2D eigenvalue weighted by Crippen LogP contribution is -2.40. The first-order valence-corrected chi connectivity index (χ1v) is 16.9. The minimum atomic E-state index is -0.932. The molecule has 248 valence electrons. The Morgan fingerprint density at radius 3 is 2.45 bits per heavy atom. The average Bonchev–Trinajstić information content (AvgIpc) is 3.41. The summed E-state index contributed by atoms with van der Waals surface area (Å²) >= 11 is 3.28. The van der Waals surface area contributed by atoms with Crippen molar-refractivity contribution in [3.63, 3.8) is 0 Å². The number of carbonyl (C=O) groups is 1. The minimum absolute atomic E-state index is 0.0112. The van der Waals surface area contributed by atoms with Crippen molar-refractivity contribution >= 4 is 57.4 Å². The first-order valence-electron chi connectivity index (χ1n) is 15.0. The Labute approximate surface area is 296 Å². The summed E-state index contributed by atoms with van der Waals surface area (Å²) in [7, 11) is 1.51. The third-order valence-corrected chi connectivity index (χ3v) is 9.42. The van der Waals surface area contributed by atoms with E-state index >= 15 is 0 Å². The lowest BCUT2D eigenvalue weighted by atomic mass is 9.93. The van der Waals surface area contributed by atoms with Gasteiger partial charge in [0.2, 0.25) is 0 Å². The van der Waals surface area contributed by atoms with Crippen LogP contribution in [0.15, 0.2) is 106 Å². The molecule has 0 amide bonds. The Bertz CT molecular complexity index is 2270. The van der Waals surface area contributed by atoms with Gasteiger partial charge in [-0.05, 0) is 88.7 Å². The summed E-state index contributed by atoms with van der Waals surface area (Å²) in [5.74, 6) is -0.182. The van der Waals surface area contributed by atoms with Crippen LogP contribution in [0.25, 0.3) is 11.8 Å². The number of rotatable bonds is 10. The third-order valence-electron chi connectivity index (χ3n) is 7.64. The van der Waals surface area contributed by atoms with Gasteiger partial charge in [0, 0.05) is 17.7 Å². The number of benzene rings is 4. The SMILES string of the molecule is CCOC(=O)C1=C(c2ccccc2)N=c2s/c(=C\c3cc(I)c(OCc4ccc([N+](=O)[O-])cc4)c(OC)c3)c(=O)n2[C@@H]1c1ccc(F)cc1. The topological polar surface area (TPSA) is 122 Å². The molecular weight excluding hydrogens is 764 g/mol. The minimum Gasteiger partial charge on any atom is -0.493 e. The second-order valence-electron chi connectivity index (χ2n) is 10.7. The van der Waals surface area contributed by atoms with E-state index in [0.29, 0.717) is 46.8 Å². The van der Waals surface area contributed by atoms with E-state index in [0.717, 1.165) is 16.9 Å². The normalized spacial score (nSPS) is 14.2. The number of fused-ring (bicyclic) bond motifs is 1. The predicted octanol–water partition coefficient (Wildman–Crippen LogP) is 6.18. The van der Waals surface area contributed by atoms with Gasteiger partial charge >= 0.3 is 5.97 Å². The Balaban J connectivity index is 1.45. The molecule has 49 heavy (non-hydrogen) atoms. The third kappa shape index (κ3) is 7.03. The molecule has 1 aliphatic rings. The first kappa shape index (κ1) is 33.7. The quantitative estimate of drug-likeness (QED) is 0.0718. The molecule has 1 aliphatic heterocycles. The Hall–Kier alpha value is -5.15. The van der Waals surface area contributed by atoms with Crippen LogP contribution < -0.4 is 24.4 Å². The maximum atomic E-state index is 14.2. The average molecular weight is 792 g/mol. The molecule has 0 saturated carbocycles. The highest BCUT2D eigenvalue weighted by Crippen LogP contribution is 2.36. The molecule has 0 aliphatic carbocycles. The van der Waals surface area contributed by atoms with Crippen LogP contribution in [0, 0.1) is 19.5 Å². The summed E-state index contributed by atoms with van der Waals surface area (Å²) in [6.07, 6.45) is 1.71. The van der Waals surface area contributed by atoms with E-state index in [9.17, 15) is 24.1 Å². The summed E-state index contributed by atoms with van der Waals surface area (Å²) in [5.41, 5.74) is 2.71. The van der Waals surface area contributed by atoms with Crippen LogP contribution >= 0.6 is 33.9 Å². The number of nitro groups is 1. The standard InChI is InChI=1S/C36H27FIN3O7S/c1-3-47-35(43)30-31(23-7-5-4-6-8-23)39-36-40(32(30)24-11-13-25(37)14-12-24)34(42)29(49-36)19-22-17-27(38)33(28(18-22)46-2)48-20-21-9-15-26(16-10-21)41(44)45/h4-19,32H,3,20H2,1-2H3/b29-19-/t32-/m1/s1. The molecular formula is C36H27FIN3O7S. The van der Waals surface area contributed by atoms with Crippen LogP contribution in [0.4, 0.5) is 10.1 Å². The van der Waals surface area contributed by atoms with Crippen molar-refractivity contribution in [2.75, 3.05) is 13.7 Å². The van der Waals surface area contributed by atoms with E-state index in [1.54, 1.807) is 43.3 Å². The zero-order valence-corrected chi connectivity index (χ0v) is 29.1. The summed E-state index contributed by atoms with van der Waals surface area (Å²) in [5, 5.41) is 11.0. The van der Waals surface area contributed by atoms with Crippen molar-refractivity contribution in [1.29, 1.82) is 0 Å². The van der Waals surface area contributed by atoms with E-state index in [4.69, 9.17) is 19.2 Å². The molecule has 1 aromatic heterocycles. The van der Waals surface area contributed by atoms with E-state index < -0.39 is 22.8 Å². The number of esters is 1. The molecule has 0 N–H and O–H groups in total. The van der Waals surface area contributed by atoms with Gasteiger partial charge in [0.25, 0.3) is 11.2 Å². The molecule has 4 aromatic carbocycles. The number of methoxy groups -OCH3 is 1. The van der Waals surface area contributed by atoms with E-state index in [2.05, 4.69) is 22.6 Å². The fourth-order valence-electron chi connectivity index (χ4n) is 5.38. The highest BCUT2D eigenvalue weighted by molar-refractivity contribution is 14.1. The molecule has 0 spiro atoms. The van der Waals surface area contributed by atoms with Gasteiger partial charge in [-0.15, -0.1) is 0 Å². The summed E-state index contributed by atoms with van der Waals surface area (Å²) < 4.78 is 33.7. The van der Waals surface area contributed by atoms with Crippen LogP contribution in [0.3, 0.4) is 0 Å². The van der Waals surface area contributed by atoms with Gasteiger partial charge in [0.05, 0.1) is 44.1 Å². The van der Waals surface area contributed by atoms with E-state index in [1.807, 2.05) is 36.4 Å². The summed E-state index contributed by atoms with van der Waals surface area (Å²) in [4.78, 5) is 43.5. The Kier molecular flexibility index (Phi) is 10.0. The lowest BCUT2D eigenvalue weighted by molar-refractivity contribution is -0.384. The van der Waals surface area contributed by atoms with Gasteiger partial charge in [-0.3, -0.25) is 19.5 Å². The number of nitrogens with zero attached hydrogens (tertiary/aromatic N) is 3. The van der Waals surface area contributed by atoms with Crippen molar-refractivity contribution < 1.29 is 28.3 Å². The lowest BCUT2D eigenvalue weighted by Gasteiger charge is -2.25. The number of aromatic nitrogens is 1. The fourth-order valence-corrected chi connectivity index (χ4v) is 7.17. The monoisotopic (exact) mass is 791 g/mol. The van der Waals surface area contributed by atoms with Crippen LogP contribution in [0.2, 0.25) is 0 Å². The van der Waals surface area contributed by atoms with Crippen LogP contribution in [-0.4, -0.2) is 29.2 Å². The maximum absolute atomic E-state index is 14.2. The molecule has 0 unspecified atom stereocenters. The largest absolute Gasteiger partial charge is 0.493 e. The second kappa shape index (κ2) is 14.5. The van der Waals surface area contributed by atoms with Crippen LogP contribution in [-0.2, 0) is 16.1 Å². The number of halogens is 2. The van der Waals surface area contributed by atoms with Gasteiger partial charge in [0.1, 0.15) is 12.4 Å². The van der Waals surface area contributed by atoms with E-state index in [-0.39, 0.29) is 30.0 Å². The van der Waals surface area contributed by atoms with Crippen molar-refractivity contribution in [3.05, 3.63) is 158 Å². The van der Waals surface area contributed by atoms with Gasteiger partial charge < -0.3 is 14.2 Å². The first-order chi connectivity index (χ1) is 23.7. The number of thiazole rings is 1. The van der Waals surface area contributed by atoms with E-state index in [1.165, 1.54) is 35.9 Å². The molecule has 0 radical (unpaired) electrons. The number of non-ortho nitro benzene ring substituents is 1. The van der Waals surface area contributed by atoms with Crippen LogP contribution in [0.5, 0.6) is 11.5 Å². The number of carbonyl (C=O) groups excluding carboxylic acids is 1. The van der Waals surface area contributed by atoms with Crippen molar-refractivity contribution in [3.8, 4) is 11.5 Å². The van der Waals surface area contributed by atoms with Crippen molar-refractivity contribution in [1.82, 2.24) is 4.57 Å². The molecule has 13 heteroatoms. The highest BCUT2D eigenvalue weighted by atomic mass is 127. The smallest absolute Gasteiger partial charge is 0.338 e. The zero-order chi connectivity index (χ0) is 34.7. The van der Waals surface area contributed by atoms with Gasteiger partial charge in [-0.25, -0.2) is 14.2 Å². The van der Waals surface area contributed by atoms with Gasteiger partial charge in [-0.2, -0.15) is 0 Å². The number of hydrogen-bond donors (Lipinski definition) is 0. The summed E-state index contributed by atoms with van der Waals surface area (Å²) in [6, 6.07) is 23.6. The molecule has 1 atom stereocenters. The van der Waals surface area contributed by atoms with Gasteiger partial charge in [-0.1, -0.05) is 53.8 Å². The zero-order valence-electron chi connectivity index (χ0n) is 26.1. The van der Waals surface area contributed by atoms with Gasteiger partial charge in [0.15, 0.2) is 16.3 Å². The molecule has 0 bridgehead atoms. The molecule has 5 aromatic rings. The Morgan fingerprint density at radius 1 is 1.08 bits per heavy atom. The van der Waals surface area contributed by atoms with Crippen molar-refractivity contribution in [2.45, 2.75) is 19.6 Å². The molecule has 0 saturated heterocycles. The van der Waals surface area contributed by atoms with Crippen LogP contribution in [0.1, 0.15) is 35.2 Å². The number of ether oxygens (including phenoxy) is 3. The number of nitro benzene ring substituents is 1.